The first kappa shape index (κ1) is 30.2. The lowest BCUT2D eigenvalue weighted by molar-refractivity contribution is -0.199. The largest absolute Gasteiger partial charge is 0.489 e. The Balaban J connectivity index is 1.28. The standard InChI is InChI=1S/C34H35ClN4O4/c1-32(2,3)43-28(40)20-38-18-22(17-37-38)10-9-21-11-13-25-23(15-21)19-39(29(25)41)30-33(4,5)31(34(30,6)7)42-24-12-14-27(36-8)26(35)16-24/h11-18,30-31H,19-20H2,1-7H3. The summed E-state index contributed by atoms with van der Waals surface area (Å²) in [5.74, 6) is 6.52. The van der Waals surface area contributed by atoms with Crippen LogP contribution in [-0.4, -0.2) is 44.3 Å². The number of hydrogen-bond acceptors (Lipinski definition) is 5. The number of aromatic nitrogens is 2. The molecule has 2 aromatic carbocycles. The van der Waals surface area contributed by atoms with Crippen molar-refractivity contribution in [3.05, 3.63) is 87.5 Å². The Morgan fingerprint density at radius 2 is 1.81 bits per heavy atom. The minimum Gasteiger partial charge on any atom is -0.489 e. The summed E-state index contributed by atoms with van der Waals surface area (Å²) in [5, 5.41) is 4.58. The van der Waals surface area contributed by atoms with Crippen LogP contribution < -0.4 is 4.74 Å². The highest BCUT2D eigenvalue weighted by molar-refractivity contribution is 6.33. The van der Waals surface area contributed by atoms with Gasteiger partial charge in [-0.25, -0.2) is 4.85 Å². The van der Waals surface area contributed by atoms with Gasteiger partial charge in [-0.05, 0) is 56.7 Å². The molecular formula is C34H35ClN4O4. The van der Waals surface area contributed by atoms with E-state index in [0.29, 0.717) is 34.1 Å². The number of halogens is 1. The molecule has 2 heterocycles. The van der Waals surface area contributed by atoms with E-state index in [1.165, 1.54) is 4.68 Å². The molecule has 1 amide bonds. The van der Waals surface area contributed by atoms with Crippen molar-refractivity contribution in [1.29, 1.82) is 0 Å². The topological polar surface area (TPSA) is 78.0 Å². The molecule has 0 saturated heterocycles. The Bertz CT molecular complexity index is 1700. The first-order valence-electron chi connectivity index (χ1n) is 14.1. The second-order valence-corrected chi connectivity index (χ2v) is 13.7. The van der Waals surface area contributed by atoms with Gasteiger partial charge in [0.05, 0.1) is 23.4 Å². The fraction of sp³-hybridized carbons (Fsp3) is 0.412. The number of ether oxygens (including phenoxy) is 2. The van der Waals surface area contributed by atoms with Crippen molar-refractivity contribution < 1.29 is 19.1 Å². The molecule has 0 bridgehead atoms. The van der Waals surface area contributed by atoms with Gasteiger partial charge in [0.15, 0.2) is 0 Å². The van der Waals surface area contributed by atoms with Crippen LogP contribution in [0.3, 0.4) is 0 Å². The molecule has 222 valence electrons. The fourth-order valence-corrected chi connectivity index (χ4v) is 7.01. The summed E-state index contributed by atoms with van der Waals surface area (Å²) in [4.78, 5) is 31.1. The predicted molar refractivity (Wildman–Crippen MR) is 164 cm³/mol. The first-order valence-corrected chi connectivity index (χ1v) is 14.5. The van der Waals surface area contributed by atoms with E-state index in [-0.39, 0.29) is 41.4 Å². The number of hydrogen-bond donors (Lipinski definition) is 0. The molecule has 5 rings (SSSR count). The number of benzene rings is 2. The van der Waals surface area contributed by atoms with Crippen molar-refractivity contribution in [3.8, 4) is 17.6 Å². The Labute approximate surface area is 257 Å². The molecule has 0 radical (unpaired) electrons. The van der Waals surface area contributed by atoms with Gasteiger partial charge in [0, 0.05) is 40.7 Å². The molecular weight excluding hydrogens is 564 g/mol. The average molecular weight is 599 g/mol. The Hall–Kier alpha value is -4.27. The highest BCUT2D eigenvalue weighted by Crippen LogP contribution is 2.59. The van der Waals surface area contributed by atoms with Crippen LogP contribution in [0, 0.1) is 29.2 Å². The van der Waals surface area contributed by atoms with Crippen molar-refractivity contribution in [2.75, 3.05) is 0 Å². The lowest BCUT2D eigenvalue weighted by Crippen LogP contribution is -2.74. The maximum atomic E-state index is 13.6. The van der Waals surface area contributed by atoms with Crippen LogP contribution in [-0.2, 0) is 22.6 Å². The summed E-state index contributed by atoms with van der Waals surface area (Å²) in [6, 6.07) is 10.7. The third-order valence-corrected chi connectivity index (χ3v) is 8.30. The molecule has 0 spiro atoms. The van der Waals surface area contributed by atoms with E-state index in [4.69, 9.17) is 27.6 Å². The predicted octanol–water partition coefficient (Wildman–Crippen LogP) is 6.67. The quantitative estimate of drug-likeness (QED) is 0.186. The number of rotatable bonds is 5. The molecule has 0 atom stereocenters. The zero-order valence-electron chi connectivity index (χ0n) is 25.5. The summed E-state index contributed by atoms with van der Waals surface area (Å²) < 4.78 is 13.3. The van der Waals surface area contributed by atoms with E-state index in [9.17, 15) is 9.59 Å². The van der Waals surface area contributed by atoms with Gasteiger partial charge < -0.3 is 14.4 Å². The van der Waals surface area contributed by atoms with Gasteiger partial charge in [0.25, 0.3) is 5.91 Å². The van der Waals surface area contributed by atoms with Crippen LogP contribution in [0.5, 0.6) is 5.75 Å². The molecule has 3 aromatic rings. The monoisotopic (exact) mass is 598 g/mol. The van der Waals surface area contributed by atoms with Crippen LogP contribution in [0.4, 0.5) is 5.69 Å². The van der Waals surface area contributed by atoms with Gasteiger partial charge in [-0.3, -0.25) is 14.3 Å². The summed E-state index contributed by atoms with van der Waals surface area (Å²) in [6.07, 6.45) is 3.15. The molecule has 8 nitrogen and oxygen atoms in total. The van der Waals surface area contributed by atoms with Crippen LogP contribution in [0.15, 0.2) is 48.8 Å². The SMILES string of the molecule is [C-]#[N+]c1ccc(OC2C(C)(C)C(N3Cc4cc(C#Cc5cnn(CC(=O)OC(C)(C)C)c5)ccc4C3=O)C2(C)C)cc1Cl. The third kappa shape index (κ3) is 5.85. The number of carbonyl (C=O) groups excluding carboxylic acids is 2. The Kier molecular flexibility index (Phi) is 7.57. The van der Waals surface area contributed by atoms with E-state index in [1.807, 2.05) is 43.9 Å². The number of carbonyl (C=O) groups is 2. The molecule has 1 saturated carbocycles. The third-order valence-electron chi connectivity index (χ3n) is 8.00. The molecule has 9 heteroatoms. The van der Waals surface area contributed by atoms with Crippen molar-refractivity contribution >= 4 is 29.2 Å². The second-order valence-electron chi connectivity index (χ2n) is 13.3. The van der Waals surface area contributed by atoms with E-state index in [1.54, 1.807) is 30.6 Å². The van der Waals surface area contributed by atoms with E-state index in [2.05, 4.69) is 49.5 Å². The number of fused-ring (bicyclic) bond motifs is 1. The molecule has 43 heavy (non-hydrogen) atoms. The summed E-state index contributed by atoms with van der Waals surface area (Å²) in [5.41, 5.74) is 2.25. The molecule has 0 N–H and O–H groups in total. The lowest BCUT2D eigenvalue weighted by Gasteiger charge is -2.65. The zero-order valence-corrected chi connectivity index (χ0v) is 26.2. The number of esters is 1. The molecule has 1 aliphatic heterocycles. The number of amides is 1. The van der Waals surface area contributed by atoms with Crippen molar-refractivity contribution in [1.82, 2.24) is 14.7 Å². The van der Waals surface area contributed by atoms with E-state index < -0.39 is 5.60 Å². The van der Waals surface area contributed by atoms with Crippen molar-refractivity contribution in [3.63, 3.8) is 0 Å². The van der Waals surface area contributed by atoms with Crippen molar-refractivity contribution in [2.24, 2.45) is 10.8 Å². The van der Waals surface area contributed by atoms with Crippen molar-refractivity contribution in [2.45, 2.75) is 79.3 Å². The first-order chi connectivity index (χ1) is 20.1. The maximum Gasteiger partial charge on any atom is 0.328 e. The van der Waals surface area contributed by atoms with Gasteiger partial charge in [-0.1, -0.05) is 57.2 Å². The molecule has 2 aliphatic rings. The lowest BCUT2D eigenvalue weighted by atomic mass is 9.49. The second kappa shape index (κ2) is 10.8. The van der Waals surface area contributed by atoms with E-state index >= 15 is 0 Å². The van der Waals surface area contributed by atoms with Gasteiger partial charge in [-0.15, -0.1) is 0 Å². The summed E-state index contributed by atoms with van der Waals surface area (Å²) in [7, 11) is 0. The van der Waals surface area contributed by atoms with Crippen LogP contribution in [0.25, 0.3) is 4.85 Å². The van der Waals surface area contributed by atoms with Crippen LogP contribution in [0.2, 0.25) is 5.02 Å². The Morgan fingerprint density at radius 3 is 2.47 bits per heavy atom. The fourth-order valence-electron chi connectivity index (χ4n) is 6.80. The average Bonchev–Trinajstić information content (AvgIpc) is 3.47. The van der Waals surface area contributed by atoms with E-state index in [0.717, 1.165) is 11.1 Å². The summed E-state index contributed by atoms with van der Waals surface area (Å²) >= 11 is 6.25. The van der Waals surface area contributed by atoms with Gasteiger partial charge in [0.2, 0.25) is 5.69 Å². The van der Waals surface area contributed by atoms with Gasteiger partial charge >= 0.3 is 5.97 Å². The van der Waals surface area contributed by atoms with Crippen LogP contribution >= 0.6 is 11.6 Å². The minimum atomic E-state index is -0.557. The zero-order chi connectivity index (χ0) is 31.3. The molecule has 1 aromatic heterocycles. The maximum absolute atomic E-state index is 13.6. The highest BCUT2D eigenvalue weighted by atomic mass is 35.5. The molecule has 1 fully saturated rings. The molecule has 1 aliphatic carbocycles. The smallest absolute Gasteiger partial charge is 0.328 e. The minimum absolute atomic E-state index is 0.00647. The number of nitrogens with zero attached hydrogens (tertiary/aromatic N) is 4. The molecule has 0 unspecified atom stereocenters. The van der Waals surface area contributed by atoms with Crippen LogP contribution in [0.1, 0.15) is 75.5 Å². The normalized spacial score (nSPS) is 19.9. The highest BCUT2D eigenvalue weighted by Gasteiger charge is 2.66. The summed E-state index contributed by atoms with van der Waals surface area (Å²) in [6.45, 7) is 21.7. The Morgan fingerprint density at radius 1 is 1.12 bits per heavy atom. The van der Waals surface area contributed by atoms with Gasteiger partial charge in [-0.2, -0.15) is 5.10 Å². The van der Waals surface area contributed by atoms with Gasteiger partial charge in [0.1, 0.15) is 24.0 Å².